The maximum atomic E-state index is 12.7. The zero-order chi connectivity index (χ0) is 19.1. The molecule has 1 aromatic heterocycles. The number of amides is 2. The average Bonchev–Trinajstić information content (AvgIpc) is 3.02. The van der Waals surface area contributed by atoms with Crippen molar-refractivity contribution in [3.8, 4) is 0 Å². The molecule has 3 N–H and O–H groups in total. The molecule has 0 unspecified atom stereocenters. The third-order valence-electron chi connectivity index (χ3n) is 4.26. The van der Waals surface area contributed by atoms with Gasteiger partial charge < -0.3 is 20.4 Å². The second-order valence-corrected chi connectivity index (χ2v) is 7.07. The van der Waals surface area contributed by atoms with E-state index < -0.39 is 12.1 Å². The van der Waals surface area contributed by atoms with Crippen LogP contribution in [0.1, 0.15) is 39.7 Å². The Bertz CT molecular complexity index is 739. The van der Waals surface area contributed by atoms with Gasteiger partial charge in [-0.15, -0.1) is 0 Å². The number of aromatic nitrogens is 1. The lowest BCUT2D eigenvalue weighted by Crippen LogP contribution is -2.50. The Labute approximate surface area is 154 Å². The van der Waals surface area contributed by atoms with Crippen LogP contribution in [0.15, 0.2) is 30.5 Å². The second kappa shape index (κ2) is 9.27. The molecule has 6 nitrogen and oxygen atoms in total. The molecule has 0 radical (unpaired) electrons. The average molecular weight is 359 g/mol. The molecule has 0 aliphatic rings. The zero-order valence-corrected chi connectivity index (χ0v) is 16.0. The van der Waals surface area contributed by atoms with Crippen LogP contribution in [0.25, 0.3) is 10.9 Å². The first-order chi connectivity index (χ1) is 12.4. The van der Waals surface area contributed by atoms with E-state index in [2.05, 4.69) is 15.6 Å². The lowest BCUT2D eigenvalue weighted by molar-refractivity contribution is -0.123. The fourth-order valence-electron chi connectivity index (χ4n) is 2.60. The number of para-hydroxylation sites is 1. The first kappa shape index (κ1) is 19.8. The number of aromatic amines is 1. The summed E-state index contributed by atoms with van der Waals surface area (Å²) in [6.07, 6.45) is 2.53. The highest BCUT2D eigenvalue weighted by atomic mass is 16.5. The SMILES string of the molecule is CC[C@H](C)NC(=O)[C@H](Cc1c[nH]c2ccccc12)NC(=O)OCC(C)C. The minimum atomic E-state index is -0.692. The first-order valence-electron chi connectivity index (χ1n) is 9.19. The highest BCUT2D eigenvalue weighted by Crippen LogP contribution is 2.19. The van der Waals surface area contributed by atoms with Gasteiger partial charge in [0.15, 0.2) is 0 Å². The molecule has 0 bridgehead atoms. The summed E-state index contributed by atoms with van der Waals surface area (Å²) < 4.78 is 5.18. The monoisotopic (exact) mass is 359 g/mol. The normalized spacial score (nSPS) is 13.4. The number of nitrogens with one attached hydrogen (secondary N) is 3. The van der Waals surface area contributed by atoms with Crippen molar-refractivity contribution in [1.82, 2.24) is 15.6 Å². The molecular weight excluding hydrogens is 330 g/mol. The van der Waals surface area contributed by atoms with E-state index >= 15 is 0 Å². The second-order valence-electron chi connectivity index (χ2n) is 7.07. The Balaban J connectivity index is 2.13. The van der Waals surface area contributed by atoms with Crippen LogP contribution in [0.5, 0.6) is 0 Å². The summed E-state index contributed by atoms with van der Waals surface area (Å²) in [5, 5.41) is 6.71. The number of H-pyrrole nitrogens is 1. The number of hydrogen-bond acceptors (Lipinski definition) is 3. The smallest absolute Gasteiger partial charge is 0.407 e. The molecule has 0 saturated carbocycles. The minimum absolute atomic E-state index is 0.0430. The van der Waals surface area contributed by atoms with E-state index in [4.69, 9.17) is 4.74 Å². The molecule has 2 atom stereocenters. The minimum Gasteiger partial charge on any atom is -0.449 e. The summed E-state index contributed by atoms with van der Waals surface area (Å²) in [6.45, 7) is 8.19. The Kier molecular flexibility index (Phi) is 7.06. The van der Waals surface area contributed by atoms with Gasteiger partial charge in [-0.1, -0.05) is 39.0 Å². The molecule has 2 aromatic rings. The number of ether oxygens (including phenoxy) is 1. The summed E-state index contributed by atoms with van der Waals surface area (Å²) in [5.41, 5.74) is 1.99. The largest absolute Gasteiger partial charge is 0.449 e. The molecule has 2 rings (SSSR count). The number of alkyl carbamates (subject to hydrolysis) is 1. The summed E-state index contributed by atoms with van der Waals surface area (Å²) >= 11 is 0. The third kappa shape index (κ3) is 5.51. The maximum Gasteiger partial charge on any atom is 0.407 e. The van der Waals surface area contributed by atoms with Gasteiger partial charge in [0, 0.05) is 29.6 Å². The Morgan fingerprint density at radius 2 is 1.88 bits per heavy atom. The van der Waals surface area contributed by atoms with E-state index in [-0.39, 0.29) is 17.9 Å². The van der Waals surface area contributed by atoms with E-state index in [0.29, 0.717) is 13.0 Å². The predicted molar refractivity (Wildman–Crippen MR) is 103 cm³/mol. The summed E-state index contributed by atoms with van der Waals surface area (Å²) in [7, 11) is 0. The molecule has 6 heteroatoms. The molecule has 0 spiro atoms. The lowest BCUT2D eigenvalue weighted by Gasteiger charge is -2.21. The molecule has 2 amide bonds. The molecule has 1 aromatic carbocycles. The maximum absolute atomic E-state index is 12.7. The van der Waals surface area contributed by atoms with Crippen LogP contribution in [0.4, 0.5) is 4.79 Å². The highest BCUT2D eigenvalue weighted by molar-refractivity contribution is 5.88. The Morgan fingerprint density at radius 1 is 1.15 bits per heavy atom. The molecular formula is C20H29N3O3. The molecule has 26 heavy (non-hydrogen) atoms. The fraction of sp³-hybridized carbons (Fsp3) is 0.500. The van der Waals surface area contributed by atoms with Crippen molar-refractivity contribution in [3.05, 3.63) is 36.0 Å². The van der Waals surface area contributed by atoms with Gasteiger partial charge in [0.2, 0.25) is 5.91 Å². The van der Waals surface area contributed by atoms with Gasteiger partial charge >= 0.3 is 6.09 Å². The van der Waals surface area contributed by atoms with E-state index in [1.54, 1.807) is 0 Å². The van der Waals surface area contributed by atoms with Crippen LogP contribution in [-0.4, -0.2) is 35.7 Å². The van der Waals surface area contributed by atoms with Gasteiger partial charge in [0.1, 0.15) is 6.04 Å². The predicted octanol–water partition coefficient (Wildman–Crippen LogP) is 3.38. The highest BCUT2D eigenvalue weighted by Gasteiger charge is 2.24. The van der Waals surface area contributed by atoms with Gasteiger partial charge in [-0.05, 0) is 30.9 Å². The van der Waals surface area contributed by atoms with Gasteiger partial charge in [-0.3, -0.25) is 4.79 Å². The molecule has 142 valence electrons. The summed E-state index contributed by atoms with van der Waals surface area (Å²) in [5.74, 6) is 0.0351. The van der Waals surface area contributed by atoms with Crippen molar-refractivity contribution in [3.63, 3.8) is 0 Å². The van der Waals surface area contributed by atoms with Crippen molar-refractivity contribution in [2.75, 3.05) is 6.61 Å². The lowest BCUT2D eigenvalue weighted by atomic mass is 10.0. The van der Waals surface area contributed by atoms with Crippen LogP contribution in [-0.2, 0) is 16.0 Å². The number of carbonyl (C=O) groups excluding carboxylic acids is 2. The van der Waals surface area contributed by atoms with Gasteiger partial charge in [-0.25, -0.2) is 4.79 Å². The zero-order valence-electron chi connectivity index (χ0n) is 16.0. The van der Waals surface area contributed by atoms with E-state index in [0.717, 1.165) is 22.9 Å². The third-order valence-corrected chi connectivity index (χ3v) is 4.26. The molecule has 0 saturated heterocycles. The first-order valence-corrected chi connectivity index (χ1v) is 9.19. The van der Waals surface area contributed by atoms with E-state index in [1.807, 2.05) is 58.2 Å². The van der Waals surface area contributed by atoms with Crippen LogP contribution < -0.4 is 10.6 Å². The van der Waals surface area contributed by atoms with Crippen LogP contribution in [0.2, 0.25) is 0 Å². The topological polar surface area (TPSA) is 83.2 Å². The van der Waals surface area contributed by atoms with Crippen molar-refractivity contribution in [2.24, 2.45) is 5.92 Å². The number of fused-ring (bicyclic) bond motifs is 1. The van der Waals surface area contributed by atoms with Crippen molar-refractivity contribution < 1.29 is 14.3 Å². The van der Waals surface area contributed by atoms with E-state index in [9.17, 15) is 9.59 Å². The van der Waals surface area contributed by atoms with Crippen LogP contribution in [0, 0.1) is 5.92 Å². The molecule has 0 aliphatic carbocycles. The van der Waals surface area contributed by atoms with E-state index in [1.165, 1.54) is 0 Å². The fourth-order valence-corrected chi connectivity index (χ4v) is 2.60. The molecule has 0 aliphatic heterocycles. The van der Waals surface area contributed by atoms with Gasteiger partial charge in [0.25, 0.3) is 0 Å². The van der Waals surface area contributed by atoms with Crippen LogP contribution in [0.3, 0.4) is 0 Å². The summed E-state index contributed by atoms with van der Waals surface area (Å²) in [6, 6.07) is 7.25. The number of hydrogen-bond donors (Lipinski definition) is 3. The van der Waals surface area contributed by atoms with Crippen molar-refractivity contribution in [1.29, 1.82) is 0 Å². The number of rotatable bonds is 8. The number of carbonyl (C=O) groups is 2. The standard InChI is InChI=1S/C20H29N3O3/c1-5-14(4)22-19(24)18(23-20(25)26-12-13(2)3)10-15-11-21-17-9-7-6-8-16(15)17/h6-9,11,13-14,18,21H,5,10,12H2,1-4H3,(H,22,24)(H,23,25)/t14-,18-/m0/s1. The van der Waals surface area contributed by atoms with Gasteiger partial charge in [-0.2, -0.15) is 0 Å². The quantitative estimate of drug-likeness (QED) is 0.676. The van der Waals surface area contributed by atoms with Crippen molar-refractivity contribution in [2.45, 2.75) is 52.6 Å². The number of benzene rings is 1. The van der Waals surface area contributed by atoms with Crippen LogP contribution >= 0.6 is 0 Å². The molecule has 1 heterocycles. The Hall–Kier alpha value is -2.50. The van der Waals surface area contributed by atoms with Crippen molar-refractivity contribution >= 4 is 22.9 Å². The van der Waals surface area contributed by atoms with Gasteiger partial charge in [0.05, 0.1) is 6.61 Å². The summed E-state index contributed by atoms with van der Waals surface area (Å²) in [4.78, 5) is 27.9. The molecule has 0 fully saturated rings. The Morgan fingerprint density at radius 3 is 2.58 bits per heavy atom.